The predicted octanol–water partition coefficient (Wildman–Crippen LogP) is 1.84. The lowest BCUT2D eigenvalue weighted by atomic mass is 9.99. The molecule has 5 nitrogen and oxygen atoms in total. The third kappa shape index (κ3) is 1.92. The lowest BCUT2D eigenvalue weighted by Gasteiger charge is -2.04. The molecule has 0 aliphatic carbocycles. The van der Waals surface area contributed by atoms with Crippen molar-refractivity contribution in [2.24, 2.45) is 0 Å². The van der Waals surface area contributed by atoms with Crippen LogP contribution in [0.5, 0.6) is 0 Å². The molecule has 1 aromatic rings. The molecule has 15 heavy (non-hydrogen) atoms. The van der Waals surface area contributed by atoms with Gasteiger partial charge in [-0.15, -0.1) is 0 Å². The highest BCUT2D eigenvalue weighted by Gasteiger charge is 2.17. The van der Waals surface area contributed by atoms with Crippen molar-refractivity contribution in [1.29, 1.82) is 10.5 Å². The maximum atomic E-state index is 10.7. The summed E-state index contributed by atoms with van der Waals surface area (Å²) in [7, 11) is 0. The molecule has 0 N–H and O–H groups in total. The molecule has 0 saturated heterocycles. The lowest BCUT2D eigenvalue weighted by Crippen LogP contribution is -1.99. The molecule has 0 amide bonds. The van der Waals surface area contributed by atoms with Crippen molar-refractivity contribution in [2.45, 2.75) is 13.3 Å². The van der Waals surface area contributed by atoms with Crippen molar-refractivity contribution in [3.05, 3.63) is 38.9 Å². The van der Waals surface area contributed by atoms with Crippen molar-refractivity contribution < 1.29 is 4.92 Å². The third-order valence-corrected chi connectivity index (χ3v) is 2.15. The van der Waals surface area contributed by atoms with Gasteiger partial charge in [0.25, 0.3) is 5.69 Å². The average molecular weight is 201 g/mol. The van der Waals surface area contributed by atoms with Crippen LogP contribution < -0.4 is 0 Å². The number of rotatable bonds is 2. The molecular formula is C10H7N3O2. The Labute approximate surface area is 86.3 Å². The van der Waals surface area contributed by atoms with Gasteiger partial charge in [-0.2, -0.15) is 10.5 Å². The van der Waals surface area contributed by atoms with Gasteiger partial charge in [-0.3, -0.25) is 10.1 Å². The molecule has 0 aliphatic rings. The monoisotopic (exact) mass is 201 g/mol. The third-order valence-electron chi connectivity index (χ3n) is 2.15. The second-order valence-electron chi connectivity index (χ2n) is 2.94. The van der Waals surface area contributed by atoms with Crippen LogP contribution in [0.4, 0.5) is 5.69 Å². The van der Waals surface area contributed by atoms with Gasteiger partial charge in [0.15, 0.2) is 0 Å². The smallest absolute Gasteiger partial charge is 0.258 e. The van der Waals surface area contributed by atoms with Gasteiger partial charge < -0.3 is 0 Å². The topological polar surface area (TPSA) is 90.7 Å². The van der Waals surface area contributed by atoms with E-state index in [-0.39, 0.29) is 12.1 Å². The van der Waals surface area contributed by atoms with Gasteiger partial charge in [-0.05, 0) is 18.6 Å². The lowest BCUT2D eigenvalue weighted by molar-refractivity contribution is -0.385. The molecular weight excluding hydrogens is 194 g/mol. The number of nitro groups is 1. The van der Waals surface area contributed by atoms with E-state index in [1.165, 1.54) is 12.1 Å². The van der Waals surface area contributed by atoms with E-state index in [9.17, 15) is 10.1 Å². The van der Waals surface area contributed by atoms with Crippen LogP contribution >= 0.6 is 0 Å². The number of nitriles is 2. The van der Waals surface area contributed by atoms with Crippen LogP contribution in [-0.2, 0) is 6.42 Å². The highest BCUT2D eigenvalue weighted by Crippen LogP contribution is 2.24. The van der Waals surface area contributed by atoms with Crippen LogP contribution in [0.25, 0.3) is 0 Å². The van der Waals surface area contributed by atoms with Crippen LogP contribution in [0.1, 0.15) is 16.7 Å². The van der Waals surface area contributed by atoms with Crippen molar-refractivity contribution in [1.82, 2.24) is 0 Å². The summed E-state index contributed by atoms with van der Waals surface area (Å²) in [6.45, 7) is 1.61. The van der Waals surface area contributed by atoms with Crippen LogP contribution in [0, 0.1) is 39.7 Å². The molecule has 5 heteroatoms. The zero-order valence-electron chi connectivity index (χ0n) is 8.02. The molecule has 0 aromatic heterocycles. The second-order valence-corrected chi connectivity index (χ2v) is 2.94. The van der Waals surface area contributed by atoms with Crippen LogP contribution in [-0.4, -0.2) is 4.92 Å². The molecule has 0 unspecified atom stereocenters. The van der Waals surface area contributed by atoms with Gasteiger partial charge in [0.2, 0.25) is 0 Å². The first-order valence-electron chi connectivity index (χ1n) is 4.15. The van der Waals surface area contributed by atoms with Gasteiger partial charge >= 0.3 is 0 Å². The molecule has 0 radical (unpaired) electrons. The van der Waals surface area contributed by atoms with E-state index in [0.717, 1.165) is 0 Å². The van der Waals surface area contributed by atoms with Crippen molar-refractivity contribution in [3.8, 4) is 12.1 Å². The minimum absolute atomic E-state index is 0.0579. The molecule has 0 atom stereocenters. The molecule has 0 bridgehead atoms. The Morgan fingerprint density at radius 2 is 2.13 bits per heavy atom. The molecule has 1 aromatic carbocycles. The van der Waals surface area contributed by atoms with Crippen LogP contribution in [0.3, 0.4) is 0 Å². The highest BCUT2D eigenvalue weighted by atomic mass is 16.6. The van der Waals surface area contributed by atoms with Crippen molar-refractivity contribution in [2.75, 3.05) is 0 Å². The predicted molar refractivity (Wildman–Crippen MR) is 51.9 cm³/mol. The molecule has 0 heterocycles. The van der Waals surface area contributed by atoms with E-state index in [0.29, 0.717) is 16.7 Å². The molecule has 0 fully saturated rings. The van der Waals surface area contributed by atoms with Gasteiger partial charge in [-0.1, -0.05) is 0 Å². The Hall–Kier alpha value is -2.40. The summed E-state index contributed by atoms with van der Waals surface area (Å²) in [6, 6.07) is 6.45. The first-order valence-corrected chi connectivity index (χ1v) is 4.15. The SMILES string of the molecule is Cc1c(C#N)ccc([N+](=O)[O-])c1CC#N. The summed E-state index contributed by atoms with van der Waals surface area (Å²) >= 11 is 0. The van der Waals surface area contributed by atoms with E-state index in [1.807, 2.05) is 12.1 Å². The average Bonchev–Trinajstić information content (AvgIpc) is 2.20. The number of hydrogen-bond donors (Lipinski definition) is 0. The largest absolute Gasteiger partial charge is 0.273 e. The number of benzene rings is 1. The van der Waals surface area contributed by atoms with Crippen LogP contribution in [0.2, 0.25) is 0 Å². The Morgan fingerprint density at radius 1 is 1.47 bits per heavy atom. The maximum absolute atomic E-state index is 10.7. The minimum Gasteiger partial charge on any atom is -0.258 e. The van der Waals surface area contributed by atoms with Gasteiger partial charge in [0.05, 0.1) is 29.0 Å². The number of hydrogen-bond acceptors (Lipinski definition) is 4. The second kappa shape index (κ2) is 4.21. The molecule has 0 aliphatic heterocycles. The van der Waals surface area contributed by atoms with Gasteiger partial charge in [0, 0.05) is 11.6 Å². The van der Waals surface area contributed by atoms with E-state index >= 15 is 0 Å². The van der Waals surface area contributed by atoms with E-state index in [2.05, 4.69) is 0 Å². The maximum Gasteiger partial charge on any atom is 0.273 e. The standard InChI is InChI=1S/C10H7N3O2/c1-7-8(6-12)2-3-10(13(14)15)9(7)4-5-11/h2-3H,4H2,1H3. The first kappa shape index (κ1) is 10.7. The quantitative estimate of drug-likeness (QED) is 0.539. The minimum atomic E-state index is -0.541. The Kier molecular flexibility index (Phi) is 3.00. The Morgan fingerprint density at radius 3 is 2.60 bits per heavy atom. The Balaban J connectivity index is 3.47. The van der Waals surface area contributed by atoms with Crippen LogP contribution in [0.15, 0.2) is 12.1 Å². The fourth-order valence-corrected chi connectivity index (χ4v) is 1.34. The number of nitro benzene ring substituents is 1. The summed E-state index contributed by atoms with van der Waals surface area (Å²) in [5.74, 6) is 0. The Bertz CT molecular complexity index is 495. The fraction of sp³-hybridized carbons (Fsp3) is 0.200. The number of nitrogens with zero attached hydrogens (tertiary/aromatic N) is 3. The summed E-state index contributed by atoms with van der Waals surface area (Å²) in [6.07, 6.45) is -0.0579. The summed E-state index contributed by atoms with van der Waals surface area (Å²) in [5.41, 5.74) is 1.09. The van der Waals surface area contributed by atoms with E-state index in [1.54, 1.807) is 6.92 Å². The molecule has 74 valence electrons. The first-order chi connectivity index (χ1) is 7.11. The summed E-state index contributed by atoms with van der Waals surface area (Å²) in [4.78, 5) is 10.1. The van der Waals surface area contributed by atoms with Gasteiger partial charge in [-0.25, -0.2) is 0 Å². The summed E-state index contributed by atoms with van der Waals surface area (Å²) < 4.78 is 0. The molecule has 1 rings (SSSR count). The highest BCUT2D eigenvalue weighted by molar-refractivity contribution is 5.53. The van der Waals surface area contributed by atoms with E-state index < -0.39 is 4.92 Å². The van der Waals surface area contributed by atoms with E-state index in [4.69, 9.17) is 10.5 Å². The normalized spacial score (nSPS) is 9.00. The zero-order chi connectivity index (χ0) is 11.4. The zero-order valence-corrected chi connectivity index (χ0v) is 8.02. The van der Waals surface area contributed by atoms with Crippen molar-refractivity contribution in [3.63, 3.8) is 0 Å². The molecule has 0 spiro atoms. The fourth-order valence-electron chi connectivity index (χ4n) is 1.34. The van der Waals surface area contributed by atoms with Crippen molar-refractivity contribution >= 4 is 5.69 Å². The molecule has 0 saturated carbocycles. The van der Waals surface area contributed by atoms with Gasteiger partial charge in [0.1, 0.15) is 0 Å². The summed E-state index contributed by atoms with van der Waals surface area (Å²) in [5, 5.41) is 28.0.